The van der Waals surface area contributed by atoms with E-state index in [0.29, 0.717) is 6.04 Å². The maximum Gasteiger partial charge on any atom is 0.00921 e. The maximum atomic E-state index is 3.42. The molecule has 0 heterocycles. The molecule has 0 bridgehead atoms. The summed E-state index contributed by atoms with van der Waals surface area (Å²) in [5.41, 5.74) is 0. The number of nitrogens with one attached hydrogen (secondary N) is 1. The summed E-state index contributed by atoms with van der Waals surface area (Å²) in [5.74, 6) is 1.67. The van der Waals surface area contributed by atoms with E-state index >= 15 is 0 Å². The maximum absolute atomic E-state index is 3.42. The molecule has 0 aliphatic rings. The Balaban J connectivity index is 3.81. The second-order valence-corrected chi connectivity index (χ2v) is 4.03. The summed E-state index contributed by atoms with van der Waals surface area (Å²) >= 11 is 0. The topological polar surface area (TPSA) is 12.0 Å². The molecule has 1 N–H and O–H groups in total. The minimum Gasteiger partial charge on any atom is -0.317 e. The Morgan fingerprint density at radius 3 is 2.00 bits per heavy atom. The molecule has 1 heteroatoms. The predicted octanol–water partition coefficient (Wildman–Crippen LogP) is 3.06. The molecule has 0 aromatic heterocycles. The average molecular weight is 171 g/mol. The molecule has 0 saturated heterocycles. The molecule has 0 aliphatic heterocycles. The van der Waals surface area contributed by atoms with Crippen molar-refractivity contribution in [2.24, 2.45) is 11.8 Å². The molecule has 0 amide bonds. The molecule has 0 aromatic carbocycles. The molecule has 3 unspecified atom stereocenters. The van der Waals surface area contributed by atoms with Crippen molar-refractivity contribution >= 4 is 0 Å². The van der Waals surface area contributed by atoms with Crippen molar-refractivity contribution in [2.45, 2.75) is 53.0 Å². The van der Waals surface area contributed by atoms with Gasteiger partial charge in [-0.2, -0.15) is 0 Å². The van der Waals surface area contributed by atoms with E-state index in [0.717, 1.165) is 11.8 Å². The van der Waals surface area contributed by atoms with Crippen molar-refractivity contribution in [1.82, 2.24) is 5.32 Å². The van der Waals surface area contributed by atoms with Gasteiger partial charge in [-0.1, -0.05) is 40.5 Å². The van der Waals surface area contributed by atoms with Crippen LogP contribution in [-0.4, -0.2) is 13.1 Å². The van der Waals surface area contributed by atoms with E-state index in [1.807, 2.05) is 0 Å². The van der Waals surface area contributed by atoms with Crippen LogP contribution in [0.15, 0.2) is 0 Å². The van der Waals surface area contributed by atoms with Gasteiger partial charge in [-0.05, 0) is 25.3 Å². The third kappa shape index (κ3) is 4.10. The average Bonchev–Trinajstić information content (AvgIpc) is 2.12. The first-order chi connectivity index (χ1) is 5.65. The van der Waals surface area contributed by atoms with E-state index in [4.69, 9.17) is 0 Å². The van der Waals surface area contributed by atoms with E-state index in [1.54, 1.807) is 0 Å². The Bertz CT molecular complexity index is 101. The largest absolute Gasteiger partial charge is 0.317 e. The molecule has 0 rings (SSSR count). The van der Waals surface area contributed by atoms with Crippen molar-refractivity contribution in [3.05, 3.63) is 0 Å². The standard InChI is InChI=1S/C11H25N/c1-6-9(3)8-11(12-5)10(4)7-2/h9-12H,6-8H2,1-5H3. The van der Waals surface area contributed by atoms with Crippen molar-refractivity contribution < 1.29 is 0 Å². The van der Waals surface area contributed by atoms with Crippen LogP contribution in [0.5, 0.6) is 0 Å². The van der Waals surface area contributed by atoms with Crippen molar-refractivity contribution in [3.63, 3.8) is 0 Å². The fraction of sp³-hybridized carbons (Fsp3) is 1.00. The third-order valence-electron chi connectivity index (χ3n) is 3.05. The van der Waals surface area contributed by atoms with Crippen LogP contribution in [0.4, 0.5) is 0 Å². The summed E-state index contributed by atoms with van der Waals surface area (Å²) in [6, 6.07) is 0.713. The summed E-state index contributed by atoms with van der Waals surface area (Å²) in [7, 11) is 2.08. The van der Waals surface area contributed by atoms with Crippen molar-refractivity contribution in [1.29, 1.82) is 0 Å². The number of hydrogen-bond donors (Lipinski definition) is 1. The van der Waals surface area contributed by atoms with Gasteiger partial charge < -0.3 is 5.32 Å². The summed E-state index contributed by atoms with van der Waals surface area (Å²) in [6.45, 7) is 9.22. The first-order valence-corrected chi connectivity index (χ1v) is 5.32. The minimum absolute atomic E-state index is 0.713. The van der Waals surface area contributed by atoms with Crippen molar-refractivity contribution in [2.75, 3.05) is 7.05 Å². The second-order valence-electron chi connectivity index (χ2n) is 4.03. The molecule has 12 heavy (non-hydrogen) atoms. The van der Waals surface area contributed by atoms with E-state index in [9.17, 15) is 0 Å². The number of rotatable bonds is 6. The molecule has 0 fully saturated rings. The SMILES string of the molecule is CCC(C)CC(NC)C(C)CC. The monoisotopic (exact) mass is 171 g/mol. The van der Waals surface area contributed by atoms with Gasteiger partial charge in [0.25, 0.3) is 0 Å². The predicted molar refractivity (Wildman–Crippen MR) is 56.4 cm³/mol. The van der Waals surface area contributed by atoms with Gasteiger partial charge in [0.15, 0.2) is 0 Å². The Hall–Kier alpha value is -0.0400. The van der Waals surface area contributed by atoms with Gasteiger partial charge >= 0.3 is 0 Å². The molecular formula is C11H25N. The van der Waals surface area contributed by atoms with Crippen LogP contribution in [0.25, 0.3) is 0 Å². The van der Waals surface area contributed by atoms with Gasteiger partial charge in [0.2, 0.25) is 0 Å². The minimum atomic E-state index is 0.713. The second kappa shape index (κ2) is 6.47. The Kier molecular flexibility index (Phi) is 6.45. The highest BCUT2D eigenvalue weighted by Crippen LogP contribution is 2.17. The van der Waals surface area contributed by atoms with Crippen LogP contribution < -0.4 is 5.32 Å². The van der Waals surface area contributed by atoms with Gasteiger partial charge in [0.1, 0.15) is 0 Å². The highest BCUT2D eigenvalue weighted by molar-refractivity contribution is 4.72. The van der Waals surface area contributed by atoms with Crippen molar-refractivity contribution in [3.8, 4) is 0 Å². The number of hydrogen-bond acceptors (Lipinski definition) is 1. The van der Waals surface area contributed by atoms with E-state index in [-0.39, 0.29) is 0 Å². The lowest BCUT2D eigenvalue weighted by Gasteiger charge is -2.25. The fourth-order valence-electron chi connectivity index (χ4n) is 1.52. The zero-order valence-corrected chi connectivity index (χ0v) is 9.35. The van der Waals surface area contributed by atoms with Crippen LogP contribution in [0.3, 0.4) is 0 Å². The van der Waals surface area contributed by atoms with E-state index in [1.165, 1.54) is 19.3 Å². The Labute approximate surface area is 77.9 Å². The van der Waals surface area contributed by atoms with Gasteiger partial charge in [0, 0.05) is 6.04 Å². The lowest BCUT2D eigenvalue weighted by Crippen LogP contribution is -2.33. The van der Waals surface area contributed by atoms with E-state index < -0.39 is 0 Å². The quantitative estimate of drug-likeness (QED) is 0.647. The lowest BCUT2D eigenvalue weighted by molar-refractivity contribution is 0.319. The summed E-state index contributed by atoms with van der Waals surface area (Å²) in [6.07, 6.45) is 3.90. The molecule has 1 nitrogen and oxygen atoms in total. The zero-order chi connectivity index (χ0) is 9.56. The van der Waals surface area contributed by atoms with Gasteiger partial charge in [0.05, 0.1) is 0 Å². The Morgan fingerprint density at radius 1 is 1.08 bits per heavy atom. The molecule has 74 valence electrons. The molecule has 0 aliphatic carbocycles. The molecule has 0 saturated carbocycles. The first-order valence-electron chi connectivity index (χ1n) is 5.32. The summed E-state index contributed by atoms with van der Waals surface area (Å²) < 4.78 is 0. The lowest BCUT2D eigenvalue weighted by atomic mass is 9.90. The van der Waals surface area contributed by atoms with Crippen LogP contribution in [-0.2, 0) is 0 Å². The fourth-order valence-corrected chi connectivity index (χ4v) is 1.52. The van der Waals surface area contributed by atoms with Crippen LogP contribution in [0.1, 0.15) is 47.0 Å². The van der Waals surface area contributed by atoms with E-state index in [2.05, 4.69) is 40.1 Å². The first kappa shape index (κ1) is 12.0. The Morgan fingerprint density at radius 2 is 1.67 bits per heavy atom. The smallest absolute Gasteiger partial charge is 0.00921 e. The van der Waals surface area contributed by atoms with Gasteiger partial charge in [-0.25, -0.2) is 0 Å². The molecule has 0 aromatic rings. The summed E-state index contributed by atoms with van der Waals surface area (Å²) in [4.78, 5) is 0. The van der Waals surface area contributed by atoms with Crippen LogP contribution in [0.2, 0.25) is 0 Å². The third-order valence-corrected chi connectivity index (χ3v) is 3.05. The molecule has 3 atom stereocenters. The molecular weight excluding hydrogens is 146 g/mol. The normalized spacial score (nSPS) is 18.8. The highest BCUT2D eigenvalue weighted by atomic mass is 14.9. The molecule has 0 spiro atoms. The zero-order valence-electron chi connectivity index (χ0n) is 9.35. The van der Waals surface area contributed by atoms with Gasteiger partial charge in [-0.15, -0.1) is 0 Å². The van der Waals surface area contributed by atoms with Crippen LogP contribution in [0, 0.1) is 11.8 Å². The van der Waals surface area contributed by atoms with Gasteiger partial charge in [-0.3, -0.25) is 0 Å². The highest BCUT2D eigenvalue weighted by Gasteiger charge is 2.15. The summed E-state index contributed by atoms with van der Waals surface area (Å²) in [5, 5.41) is 3.42. The van der Waals surface area contributed by atoms with Crippen LogP contribution >= 0.6 is 0 Å². The molecule has 0 radical (unpaired) electrons.